The number of carbonyl (C=O) groups excluding carboxylic acids is 1. The van der Waals surface area contributed by atoms with Gasteiger partial charge in [0.05, 0.1) is 11.0 Å². The minimum Gasteiger partial charge on any atom is -0.444 e. The number of hydrogen-bond donors (Lipinski definition) is 3. The van der Waals surface area contributed by atoms with Gasteiger partial charge >= 0.3 is 6.09 Å². The van der Waals surface area contributed by atoms with Crippen LogP contribution in [0.4, 0.5) is 10.7 Å². The second kappa shape index (κ2) is 9.24. The van der Waals surface area contributed by atoms with Crippen molar-refractivity contribution in [3.63, 3.8) is 0 Å². The van der Waals surface area contributed by atoms with Crippen molar-refractivity contribution in [2.24, 2.45) is 0 Å². The van der Waals surface area contributed by atoms with Crippen LogP contribution in [0.2, 0.25) is 0 Å². The third-order valence-corrected chi connectivity index (χ3v) is 5.00. The number of carbonyl (C=O) groups is 1. The number of benzene rings is 1. The highest BCUT2D eigenvalue weighted by Gasteiger charge is 2.19. The van der Waals surface area contributed by atoms with Gasteiger partial charge in [0.2, 0.25) is 5.95 Å². The summed E-state index contributed by atoms with van der Waals surface area (Å²) in [6.45, 7) is 8.15. The van der Waals surface area contributed by atoms with Crippen LogP contribution >= 0.6 is 0 Å². The Morgan fingerprint density at radius 3 is 2.68 bits per heavy atom. The van der Waals surface area contributed by atoms with Crippen LogP contribution in [0.1, 0.15) is 53.0 Å². The molecule has 0 saturated heterocycles. The smallest absolute Gasteiger partial charge is 0.407 e. The van der Waals surface area contributed by atoms with Crippen molar-refractivity contribution in [3.05, 3.63) is 46.9 Å². The molecule has 0 saturated carbocycles. The highest BCUT2D eigenvalue weighted by molar-refractivity contribution is 5.93. The van der Waals surface area contributed by atoms with E-state index in [-0.39, 0.29) is 11.6 Å². The van der Waals surface area contributed by atoms with Crippen molar-refractivity contribution in [2.45, 2.75) is 58.6 Å². The fraction of sp³-hybridized carbons (Fsp3) is 0.435. The van der Waals surface area contributed by atoms with E-state index in [4.69, 9.17) is 10.5 Å². The third-order valence-electron chi connectivity index (χ3n) is 5.00. The van der Waals surface area contributed by atoms with E-state index in [1.165, 1.54) is 0 Å². The lowest BCUT2D eigenvalue weighted by Crippen LogP contribution is -2.33. The third kappa shape index (κ3) is 5.45. The van der Waals surface area contributed by atoms with Crippen LogP contribution in [-0.2, 0) is 4.74 Å². The van der Waals surface area contributed by atoms with Gasteiger partial charge in [0.25, 0.3) is 5.56 Å². The van der Waals surface area contributed by atoms with Gasteiger partial charge in [0.15, 0.2) is 0 Å². The molecule has 3 aromatic rings. The van der Waals surface area contributed by atoms with Crippen LogP contribution in [0, 0.1) is 0 Å². The highest BCUT2D eigenvalue weighted by atomic mass is 16.6. The zero-order chi connectivity index (χ0) is 22.6. The van der Waals surface area contributed by atoms with Gasteiger partial charge in [-0.3, -0.25) is 4.79 Å². The molecular formula is C23H31N5O3. The zero-order valence-corrected chi connectivity index (χ0v) is 18.6. The SMILES string of the molecule is CC(CCCCNC(=O)OC(C)(C)C)n1c(N)nc2cccc(-c3ccc[nH]c3=O)c21. The lowest BCUT2D eigenvalue weighted by atomic mass is 10.0. The average molecular weight is 426 g/mol. The first-order valence-corrected chi connectivity index (χ1v) is 10.6. The Morgan fingerprint density at radius 1 is 1.23 bits per heavy atom. The fourth-order valence-electron chi connectivity index (χ4n) is 3.66. The van der Waals surface area contributed by atoms with E-state index in [0.29, 0.717) is 18.1 Å². The number of pyridine rings is 1. The van der Waals surface area contributed by atoms with E-state index in [9.17, 15) is 9.59 Å². The second-order valence-corrected chi connectivity index (χ2v) is 8.70. The Bertz CT molecular complexity index is 1110. The van der Waals surface area contributed by atoms with Crippen LogP contribution in [0.5, 0.6) is 0 Å². The maximum atomic E-state index is 12.4. The molecule has 0 aliphatic carbocycles. The summed E-state index contributed by atoms with van der Waals surface area (Å²) >= 11 is 0. The number of nitrogen functional groups attached to an aromatic ring is 1. The lowest BCUT2D eigenvalue weighted by Gasteiger charge is -2.20. The monoisotopic (exact) mass is 425 g/mol. The van der Waals surface area contributed by atoms with Crippen molar-refractivity contribution in [1.29, 1.82) is 0 Å². The van der Waals surface area contributed by atoms with E-state index < -0.39 is 11.7 Å². The van der Waals surface area contributed by atoms with Crippen LogP contribution in [0.3, 0.4) is 0 Å². The predicted molar refractivity (Wildman–Crippen MR) is 123 cm³/mol. The lowest BCUT2D eigenvalue weighted by molar-refractivity contribution is 0.0527. The number of ether oxygens (including phenoxy) is 1. The quantitative estimate of drug-likeness (QED) is 0.490. The Balaban J connectivity index is 1.71. The molecule has 0 fully saturated rings. The van der Waals surface area contributed by atoms with Crippen molar-refractivity contribution in [2.75, 3.05) is 12.3 Å². The Morgan fingerprint density at radius 2 is 1.97 bits per heavy atom. The summed E-state index contributed by atoms with van der Waals surface area (Å²) in [6, 6.07) is 9.39. The number of para-hydroxylation sites is 1. The highest BCUT2D eigenvalue weighted by Crippen LogP contribution is 2.32. The van der Waals surface area contributed by atoms with E-state index in [1.54, 1.807) is 18.3 Å². The molecule has 1 aromatic carbocycles. The van der Waals surface area contributed by atoms with Gasteiger partial charge in [-0.05, 0) is 65.2 Å². The normalized spacial score (nSPS) is 12.6. The first kappa shape index (κ1) is 22.4. The van der Waals surface area contributed by atoms with Gasteiger partial charge in [0.1, 0.15) is 5.60 Å². The van der Waals surface area contributed by atoms with Gasteiger partial charge in [0, 0.05) is 29.9 Å². The molecule has 8 heteroatoms. The van der Waals surface area contributed by atoms with Crippen LogP contribution in [0.15, 0.2) is 41.3 Å². The number of fused-ring (bicyclic) bond motifs is 1. The topological polar surface area (TPSA) is 115 Å². The second-order valence-electron chi connectivity index (χ2n) is 8.70. The maximum Gasteiger partial charge on any atom is 0.407 e. The van der Waals surface area contributed by atoms with Crippen LogP contribution in [0.25, 0.3) is 22.2 Å². The molecule has 8 nitrogen and oxygen atoms in total. The number of imidazole rings is 1. The summed E-state index contributed by atoms with van der Waals surface area (Å²) in [5.74, 6) is 0.425. The van der Waals surface area contributed by atoms with Crippen molar-refractivity contribution < 1.29 is 9.53 Å². The van der Waals surface area contributed by atoms with Crippen LogP contribution in [-0.4, -0.2) is 32.8 Å². The Kier molecular flexibility index (Phi) is 6.68. The fourth-order valence-corrected chi connectivity index (χ4v) is 3.66. The molecule has 0 bridgehead atoms. The number of H-pyrrole nitrogens is 1. The molecule has 31 heavy (non-hydrogen) atoms. The summed E-state index contributed by atoms with van der Waals surface area (Å²) in [4.78, 5) is 31.4. The molecule has 4 N–H and O–H groups in total. The minimum atomic E-state index is -0.503. The molecular weight excluding hydrogens is 394 g/mol. The molecule has 1 atom stereocenters. The van der Waals surface area contributed by atoms with Gasteiger partial charge in [-0.15, -0.1) is 0 Å². The van der Waals surface area contributed by atoms with Gasteiger partial charge in [-0.25, -0.2) is 9.78 Å². The van der Waals surface area contributed by atoms with E-state index in [0.717, 1.165) is 35.9 Å². The number of unbranched alkanes of at least 4 members (excludes halogenated alkanes) is 1. The molecule has 166 valence electrons. The van der Waals surface area contributed by atoms with Crippen molar-refractivity contribution in [1.82, 2.24) is 19.9 Å². The first-order valence-electron chi connectivity index (χ1n) is 10.6. The number of aromatic nitrogens is 3. The summed E-state index contributed by atoms with van der Waals surface area (Å²) < 4.78 is 7.24. The van der Waals surface area contributed by atoms with E-state index >= 15 is 0 Å². The molecule has 2 heterocycles. The number of rotatable bonds is 7. The zero-order valence-electron chi connectivity index (χ0n) is 18.6. The first-order chi connectivity index (χ1) is 14.7. The standard InChI is InChI=1S/C23H31N5O3/c1-15(9-5-6-13-26-22(30)31-23(2,3)4)28-19-16(17-11-8-14-25-20(17)29)10-7-12-18(19)27-21(28)24/h7-8,10-12,14-15H,5-6,9,13H2,1-4H3,(H2,24,27)(H,25,29)(H,26,30). The minimum absolute atomic E-state index is 0.0791. The number of aromatic amines is 1. The van der Waals surface area contributed by atoms with E-state index in [1.807, 2.05) is 43.5 Å². The molecule has 2 aromatic heterocycles. The summed E-state index contributed by atoms with van der Waals surface area (Å²) in [7, 11) is 0. The molecule has 0 spiro atoms. The molecule has 1 unspecified atom stereocenters. The molecule has 0 aliphatic rings. The van der Waals surface area contributed by atoms with Crippen LogP contribution < -0.4 is 16.6 Å². The maximum absolute atomic E-state index is 12.4. The summed E-state index contributed by atoms with van der Waals surface area (Å²) in [5, 5.41) is 2.78. The largest absolute Gasteiger partial charge is 0.444 e. The van der Waals surface area contributed by atoms with E-state index in [2.05, 4.69) is 22.2 Å². The molecule has 1 amide bonds. The Hall–Kier alpha value is -3.29. The number of nitrogens with zero attached hydrogens (tertiary/aromatic N) is 2. The molecule has 3 rings (SSSR count). The Labute approximate surface area is 181 Å². The van der Waals surface area contributed by atoms with Gasteiger partial charge < -0.3 is 25.3 Å². The number of anilines is 1. The number of nitrogens with two attached hydrogens (primary N) is 1. The van der Waals surface area contributed by atoms with Gasteiger partial charge in [-0.1, -0.05) is 12.1 Å². The molecule has 0 radical (unpaired) electrons. The average Bonchev–Trinajstić information content (AvgIpc) is 3.02. The van der Waals surface area contributed by atoms with Gasteiger partial charge in [-0.2, -0.15) is 0 Å². The number of alkyl carbamates (subject to hydrolysis) is 1. The number of nitrogens with one attached hydrogen (secondary N) is 2. The van der Waals surface area contributed by atoms with Crippen molar-refractivity contribution in [3.8, 4) is 11.1 Å². The number of hydrogen-bond acceptors (Lipinski definition) is 5. The summed E-state index contributed by atoms with van der Waals surface area (Å²) in [6.07, 6.45) is 3.78. The number of amides is 1. The predicted octanol–water partition coefficient (Wildman–Crippen LogP) is 4.23. The molecule has 0 aliphatic heterocycles. The van der Waals surface area contributed by atoms with Crippen molar-refractivity contribution >= 4 is 23.1 Å². The summed E-state index contributed by atoms with van der Waals surface area (Å²) in [5.41, 5.74) is 8.62.